The number of likely N-dealkylation sites (N-methyl/N-ethyl adjacent to an activating group) is 1. The van der Waals surface area contributed by atoms with Crippen molar-refractivity contribution in [3.8, 4) is 0 Å². The van der Waals surface area contributed by atoms with Crippen LogP contribution in [0, 0.1) is 6.92 Å². The van der Waals surface area contributed by atoms with Crippen molar-refractivity contribution in [2.75, 3.05) is 24.2 Å². The summed E-state index contributed by atoms with van der Waals surface area (Å²) in [5, 5.41) is 15.3. The summed E-state index contributed by atoms with van der Waals surface area (Å²) in [4.78, 5) is 27.0. The lowest BCUT2D eigenvalue weighted by Gasteiger charge is -2.22. The number of anilines is 2. The van der Waals surface area contributed by atoms with E-state index < -0.39 is 12.0 Å². The Morgan fingerprint density at radius 3 is 2.58 bits per heavy atom. The molecule has 3 rings (SSSR count). The third-order valence-corrected chi connectivity index (χ3v) is 5.13. The number of carbonyl (C=O) groups is 2. The number of aromatic carboxylic acids is 1. The van der Waals surface area contributed by atoms with Gasteiger partial charge in [0.2, 0.25) is 0 Å². The second-order valence-corrected chi connectivity index (χ2v) is 7.05. The SMILES string of the molecule is Cc1ccc(NC(=O)Nc2sc3c(c2C(=O)O)CCN(C)C3)cc1. The molecule has 24 heavy (non-hydrogen) atoms. The maximum atomic E-state index is 12.2. The highest BCUT2D eigenvalue weighted by Gasteiger charge is 2.27. The van der Waals surface area contributed by atoms with Crippen molar-refractivity contribution in [1.29, 1.82) is 0 Å². The summed E-state index contributed by atoms with van der Waals surface area (Å²) in [5.74, 6) is -0.998. The molecule has 0 unspecified atom stereocenters. The van der Waals surface area contributed by atoms with Gasteiger partial charge >= 0.3 is 12.0 Å². The predicted molar refractivity (Wildman–Crippen MR) is 95.1 cm³/mol. The standard InChI is InChI=1S/C17H19N3O3S/c1-10-3-5-11(6-4-10)18-17(23)19-15-14(16(21)22)12-7-8-20(2)9-13(12)24-15/h3-6H,7-9H2,1-2H3,(H,21,22)(H2,18,19,23). The Labute approximate surface area is 144 Å². The number of rotatable bonds is 3. The topological polar surface area (TPSA) is 81.7 Å². The highest BCUT2D eigenvalue weighted by atomic mass is 32.1. The molecule has 2 aromatic rings. The highest BCUT2D eigenvalue weighted by molar-refractivity contribution is 7.17. The Hall–Kier alpha value is -2.38. The zero-order valence-corrected chi connectivity index (χ0v) is 14.4. The smallest absolute Gasteiger partial charge is 0.339 e. The number of amides is 2. The first-order valence-electron chi connectivity index (χ1n) is 7.65. The summed E-state index contributed by atoms with van der Waals surface area (Å²) in [5.41, 5.74) is 2.83. The number of aryl methyl sites for hydroxylation is 1. The first-order valence-corrected chi connectivity index (χ1v) is 8.46. The molecule has 1 aromatic heterocycles. The molecule has 2 amide bonds. The van der Waals surface area contributed by atoms with Crippen molar-refractivity contribution in [2.45, 2.75) is 19.9 Å². The van der Waals surface area contributed by atoms with Crippen molar-refractivity contribution in [2.24, 2.45) is 0 Å². The van der Waals surface area contributed by atoms with E-state index in [1.807, 2.05) is 26.1 Å². The zero-order chi connectivity index (χ0) is 17.3. The number of nitrogens with zero attached hydrogens (tertiary/aromatic N) is 1. The van der Waals surface area contributed by atoms with Gasteiger partial charge in [0.25, 0.3) is 0 Å². The first kappa shape index (κ1) is 16.5. The summed E-state index contributed by atoms with van der Waals surface area (Å²) in [6.45, 7) is 3.50. The molecule has 7 heteroatoms. The van der Waals surface area contributed by atoms with Gasteiger partial charge in [0.05, 0.1) is 5.56 Å². The fourth-order valence-corrected chi connectivity index (χ4v) is 4.06. The van der Waals surface area contributed by atoms with Gasteiger partial charge in [0, 0.05) is 23.7 Å². The van der Waals surface area contributed by atoms with Crippen LogP contribution in [0.4, 0.5) is 15.5 Å². The largest absolute Gasteiger partial charge is 0.478 e. The van der Waals surface area contributed by atoms with Crippen LogP contribution in [-0.2, 0) is 13.0 Å². The van der Waals surface area contributed by atoms with Crippen LogP contribution in [0.2, 0.25) is 0 Å². The van der Waals surface area contributed by atoms with E-state index in [0.717, 1.165) is 22.5 Å². The van der Waals surface area contributed by atoms with Crippen LogP contribution in [0.1, 0.15) is 26.4 Å². The van der Waals surface area contributed by atoms with Crippen LogP contribution in [0.5, 0.6) is 0 Å². The minimum atomic E-state index is -0.998. The molecule has 0 saturated carbocycles. The number of benzene rings is 1. The molecule has 0 bridgehead atoms. The minimum absolute atomic E-state index is 0.224. The van der Waals surface area contributed by atoms with E-state index in [0.29, 0.717) is 23.7 Å². The molecule has 0 aliphatic carbocycles. The van der Waals surface area contributed by atoms with E-state index in [4.69, 9.17) is 0 Å². The second-order valence-electron chi connectivity index (χ2n) is 5.95. The zero-order valence-electron chi connectivity index (χ0n) is 13.5. The second kappa shape index (κ2) is 6.62. The average Bonchev–Trinajstić information content (AvgIpc) is 2.86. The van der Waals surface area contributed by atoms with Gasteiger partial charge < -0.3 is 15.3 Å². The fraction of sp³-hybridized carbons (Fsp3) is 0.294. The number of carboxylic acids is 1. The van der Waals surface area contributed by atoms with Gasteiger partial charge in [-0.2, -0.15) is 0 Å². The summed E-state index contributed by atoms with van der Waals surface area (Å²) >= 11 is 1.34. The van der Waals surface area contributed by atoms with E-state index in [1.54, 1.807) is 12.1 Å². The maximum Gasteiger partial charge on any atom is 0.339 e. The van der Waals surface area contributed by atoms with Crippen LogP contribution in [0.3, 0.4) is 0 Å². The summed E-state index contributed by atoms with van der Waals surface area (Å²) < 4.78 is 0. The molecule has 126 valence electrons. The number of fused-ring (bicyclic) bond motifs is 1. The molecule has 1 aliphatic heterocycles. The molecule has 3 N–H and O–H groups in total. The Bertz CT molecular complexity index is 783. The summed E-state index contributed by atoms with van der Waals surface area (Å²) in [6.07, 6.45) is 0.686. The molecular weight excluding hydrogens is 326 g/mol. The monoisotopic (exact) mass is 345 g/mol. The van der Waals surface area contributed by atoms with Crippen LogP contribution < -0.4 is 10.6 Å². The lowest BCUT2D eigenvalue weighted by Crippen LogP contribution is -2.26. The predicted octanol–water partition coefficient (Wildman–Crippen LogP) is 3.39. The van der Waals surface area contributed by atoms with Crippen molar-refractivity contribution in [1.82, 2.24) is 4.90 Å². The number of carbonyl (C=O) groups excluding carboxylic acids is 1. The number of carboxylic acid groups (broad SMARTS) is 1. The van der Waals surface area contributed by atoms with Gasteiger partial charge in [-0.05, 0) is 38.1 Å². The van der Waals surface area contributed by atoms with E-state index >= 15 is 0 Å². The Balaban J connectivity index is 1.80. The third-order valence-electron chi connectivity index (χ3n) is 4.00. The third kappa shape index (κ3) is 3.42. The number of urea groups is 1. The Morgan fingerprint density at radius 1 is 1.21 bits per heavy atom. The number of nitrogens with one attached hydrogen (secondary N) is 2. The molecule has 0 spiro atoms. The minimum Gasteiger partial charge on any atom is -0.478 e. The van der Waals surface area contributed by atoms with Crippen molar-refractivity contribution >= 4 is 34.0 Å². The van der Waals surface area contributed by atoms with Gasteiger partial charge in [-0.15, -0.1) is 11.3 Å². The number of hydrogen-bond donors (Lipinski definition) is 3. The van der Waals surface area contributed by atoms with Gasteiger partial charge in [0.1, 0.15) is 5.00 Å². The molecule has 0 radical (unpaired) electrons. The maximum absolute atomic E-state index is 12.2. The Morgan fingerprint density at radius 2 is 1.92 bits per heavy atom. The molecule has 0 saturated heterocycles. The fourth-order valence-electron chi connectivity index (χ4n) is 2.75. The van der Waals surface area contributed by atoms with Gasteiger partial charge in [-0.25, -0.2) is 9.59 Å². The van der Waals surface area contributed by atoms with Crippen LogP contribution >= 0.6 is 11.3 Å². The molecule has 0 atom stereocenters. The normalized spacial score (nSPS) is 14.1. The molecular formula is C17H19N3O3S. The summed E-state index contributed by atoms with van der Waals surface area (Å²) in [6, 6.07) is 6.98. The molecule has 1 aliphatic rings. The highest BCUT2D eigenvalue weighted by Crippen LogP contribution is 2.36. The van der Waals surface area contributed by atoms with Crippen molar-refractivity contribution in [3.05, 3.63) is 45.8 Å². The van der Waals surface area contributed by atoms with E-state index in [2.05, 4.69) is 15.5 Å². The van der Waals surface area contributed by atoms with Crippen LogP contribution in [-0.4, -0.2) is 35.6 Å². The lowest BCUT2D eigenvalue weighted by atomic mass is 10.0. The quantitative estimate of drug-likeness (QED) is 0.796. The molecule has 2 heterocycles. The van der Waals surface area contributed by atoms with Gasteiger partial charge in [-0.3, -0.25) is 5.32 Å². The average molecular weight is 345 g/mol. The van der Waals surface area contributed by atoms with Crippen LogP contribution in [0.25, 0.3) is 0 Å². The van der Waals surface area contributed by atoms with Crippen molar-refractivity contribution in [3.63, 3.8) is 0 Å². The lowest BCUT2D eigenvalue weighted by molar-refractivity contribution is 0.0696. The number of thiophene rings is 1. The summed E-state index contributed by atoms with van der Waals surface area (Å²) in [7, 11) is 2.00. The van der Waals surface area contributed by atoms with E-state index in [9.17, 15) is 14.7 Å². The molecule has 1 aromatic carbocycles. The Kier molecular flexibility index (Phi) is 4.55. The van der Waals surface area contributed by atoms with E-state index in [-0.39, 0.29) is 5.56 Å². The van der Waals surface area contributed by atoms with Crippen molar-refractivity contribution < 1.29 is 14.7 Å². The molecule has 0 fully saturated rings. The number of hydrogen-bond acceptors (Lipinski definition) is 4. The molecule has 6 nitrogen and oxygen atoms in total. The first-order chi connectivity index (χ1) is 11.4. The van der Waals surface area contributed by atoms with E-state index in [1.165, 1.54) is 11.3 Å². The van der Waals surface area contributed by atoms with Gasteiger partial charge in [-0.1, -0.05) is 17.7 Å². The van der Waals surface area contributed by atoms with Crippen LogP contribution in [0.15, 0.2) is 24.3 Å². The van der Waals surface area contributed by atoms with Gasteiger partial charge in [0.15, 0.2) is 0 Å².